The molecular weight excluding hydrogens is 320 g/mol. The third-order valence-electron chi connectivity index (χ3n) is 4.53. The Hall–Kier alpha value is -1.20. The fraction of sp³-hybridized carbons (Fsp3) is 0.368. The number of fused-ring (bicyclic) bond motifs is 1. The molecule has 0 radical (unpaired) electrons. The Kier molecular flexibility index (Phi) is 4.49. The highest BCUT2D eigenvalue weighted by atomic mass is 32.1. The molecule has 4 rings (SSSR count). The summed E-state index contributed by atoms with van der Waals surface area (Å²) in [7, 11) is 0. The highest BCUT2D eigenvalue weighted by molar-refractivity contribution is 7.19. The van der Waals surface area contributed by atoms with E-state index in [1.165, 1.54) is 24.7 Å². The first kappa shape index (κ1) is 15.3. The van der Waals surface area contributed by atoms with Crippen LogP contribution in [0.3, 0.4) is 0 Å². The van der Waals surface area contributed by atoms with Gasteiger partial charge >= 0.3 is 0 Å². The van der Waals surface area contributed by atoms with Crippen LogP contribution >= 0.6 is 22.7 Å². The second-order valence-electron chi connectivity index (χ2n) is 6.03. The Morgan fingerprint density at radius 1 is 1.04 bits per heavy atom. The molecule has 1 N–H and O–H groups in total. The molecule has 0 bridgehead atoms. The fourth-order valence-corrected chi connectivity index (χ4v) is 5.71. The van der Waals surface area contributed by atoms with Crippen molar-refractivity contribution in [2.24, 2.45) is 0 Å². The van der Waals surface area contributed by atoms with Gasteiger partial charge in [0.25, 0.3) is 0 Å². The molecule has 0 saturated carbocycles. The van der Waals surface area contributed by atoms with Gasteiger partial charge in [0.05, 0.1) is 6.04 Å². The van der Waals surface area contributed by atoms with Gasteiger partial charge in [0.1, 0.15) is 0 Å². The standard InChI is InChI=1S/C19H22N2S2/c1-2-15-7-8-17(22-15)19(21-11-9-20-10-12-21)18-13-14-5-3-4-6-16(14)23-18/h3-8,13,19-20H,2,9-12H2,1H3. The zero-order chi connectivity index (χ0) is 15.6. The molecule has 23 heavy (non-hydrogen) atoms. The number of nitrogens with zero attached hydrogens (tertiary/aromatic N) is 1. The highest BCUT2D eigenvalue weighted by Gasteiger charge is 2.26. The van der Waals surface area contributed by atoms with Crippen LogP contribution in [0.1, 0.15) is 27.6 Å². The number of hydrogen-bond acceptors (Lipinski definition) is 4. The maximum absolute atomic E-state index is 3.48. The summed E-state index contributed by atoms with van der Waals surface area (Å²) in [5, 5.41) is 4.86. The summed E-state index contributed by atoms with van der Waals surface area (Å²) in [4.78, 5) is 7.11. The number of hydrogen-bond donors (Lipinski definition) is 1. The molecule has 1 atom stereocenters. The SMILES string of the molecule is CCc1ccc(C(c2cc3ccccc3s2)N2CCNCC2)s1. The molecule has 3 heterocycles. The second kappa shape index (κ2) is 6.73. The minimum absolute atomic E-state index is 0.416. The van der Waals surface area contributed by atoms with Gasteiger partial charge in [0.15, 0.2) is 0 Å². The average Bonchev–Trinajstić information content (AvgIpc) is 3.23. The van der Waals surface area contributed by atoms with E-state index >= 15 is 0 Å². The van der Waals surface area contributed by atoms with E-state index in [2.05, 4.69) is 59.6 Å². The largest absolute Gasteiger partial charge is 0.314 e. The van der Waals surface area contributed by atoms with Gasteiger partial charge in [-0.05, 0) is 36.1 Å². The Bertz CT molecular complexity index is 750. The minimum Gasteiger partial charge on any atom is -0.314 e. The second-order valence-corrected chi connectivity index (χ2v) is 8.35. The van der Waals surface area contributed by atoms with Gasteiger partial charge in [-0.25, -0.2) is 0 Å². The molecule has 0 aliphatic carbocycles. The summed E-state index contributed by atoms with van der Waals surface area (Å²) in [6.45, 7) is 6.67. The average molecular weight is 343 g/mol. The van der Waals surface area contributed by atoms with Gasteiger partial charge < -0.3 is 5.32 Å². The molecular formula is C19H22N2S2. The first-order chi connectivity index (χ1) is 11.3. The number of nitrogens with one attached hydrogen (secondary N) is 1. The lowest BCUT2D eigenvalue weighted by Crippen LogP contribution is -2.45. The molecule has 1 unspecified atom stereocenters. The molecule has 0 spiro atoms. The fourth-order valence-electron chi connectivity index (χ4n) is 3.31. The van der Waals surface area contributed by atoms with Crippen molar-refractivity contribution in [2.75, 3.05) is 26.2 Å². The Labute approximate surface area is 145 Å². The molecule has 3 aromatic rings. The zero-order valence-electron chi connectivity index (χ0n) is 13.4. The van der Waals surface area contributed by atoms with Crippen LogP contribution in [-0.2, 0) is 6.42 Å². The lowest BCUT2D eigenvalue weighted by molar-refractivity contribution is 0.203. The summed E-state index contributed by atoms with van der Waals surface area (Å²) in [5.74, 6) is 0. The van der Waals surface area contributed by atoms with Crippen molar-refractivity contribution in [3.05, 3.63) is 57.1 Å². The molecule has 2 nitrogen and oxygen atoms in total. The summed E-state index contributed by atoms with van der Waals surface area (Å²) in [6, 6.07) is 16.2. The van der Waals surface area contributed by atoms with Crippen molar-refractivity contribution in [3.8, 4) is 0 Å². The number of piperazine rings is 1. The van der Waals surface area contributed by atoms with Gasteiger partial charge in [0.2, 0.25) is 0 Å². The van der Waals surface area contributed by atoms with Gasteiger partial charge in [-0.1, -0.05) is 25.1 Å². The maximum atomic E-state index is 3.48. The quantitative estimate of drug-likeness (QED) is 0.750. The summed E-state index contributed by atoms with van der Waals surface area (Å²) >= 11 is 3.94. The predicted octanol–water partition coefficient (Wildman–Crippen LogP) is 4.52. The normalized spacial score (nSPS) is 17.6. The van der Waals surface area contributed by atoms with Gasteiger partial charge in [-0.3, -0.25) is 4.90 Å². The lowest BCUT2D eigenvalue weighted by Gasteiger charge is -2.34. The number of rotatable bonds is 4. The van der Waals surface area contributed by atoms with Crippen LogP contribution < -0.4 is 5.32 Å². The summed E-state index contributed by atoms with van der Waals surface area (Å²) in [6.07, 6.45) is 1.13. The first-order valence-corrected chi connectivity index (χ1v) is 10.0. The third kappa shape index (κ3) is 3.09. The Morgan fingerprint density at radius 2 is 1.87 bits per heavy atom. The van der Waals surface area contributed by atoms with Crippen molar-refractivity contribution >= 4 is 32.8 Å². The van der Waals surface area contributed by atoms with E-state index in [1.54, 1.807) is 0 Å². The highest BCUT2D eigenvalue weighted by Crippen LogP contribution is 2.39. The van der Waals surface area contributed by atoms with Crippen molar-refractivity contribution in [3.63, 3.8) is 0 Å². The van der Waals surface area contributed by atoms with Crippen LogP contribution in [0.2, 0.25) is 0 Å². The van der Waals surface area contributed by atoms with Crippen LogP contribution in [0.5, 0.6) is 0 Å². The van der Waals surface area contributed by atoms with Crippen molar-refractivity contribution in [1.82, 2.24) is 10.2 Å². The van der Waals surface area contributed by atoms with Crippen LogP contribution in [0.25, 0.3) is 10.1 Å². The lowest BCUT2D eigenvalue weighted by atomic mass is 10.1. The molecule has 0 amide bonds. The van der Waals surface area contributed by atoms with Crippen LogP contribution in [0, 0.1) is 0 Å². The van der Waals surface area contributed by atoms with E-state index < -0.39 is 0 Å². The van der Waals surface area contributed by atoms with Crippen molar-refractivity contribution < 1.29 is 0 Å². The molecule has 2 aromatic heterocycles. The van der Waals surface area contributed by atoms with E-state index in [0.29, 0.717) is 6.04 Å². The Morgan fingerprint density at radius 3 is 2.61 bits per heavy atom. The van der Waals surface area contributed by atoms with E-state index in [-0.39, 0.29) is 0 Å². The van der Waals surface area contributed by atoms with Gasteiger partial charge in [-0.2, -0.15) is 0 Å². The van der Waals surface area contributed by atoms with Crippen LogP contribution in [0.15, 0.2) is 42.5 Å². The molecule has 120 valence electrons. The predicted molar refractivity (Wildman–Crippen MR) is 102 cm³/mol. The summed E-state index contributed by atoms with van der Waals surface area (Å²) < 4.78 is 1.40. The van der Waals surface area contributed by atoms with E-state index in [4.69, 9.17) is 0 Å². The van der Waals surface area contributed by atoms with Crippen LogP contribution in [-0.4, -0.2) is 31.1 Å². The number of aryl methyl sites for hydroxylation is 1. The maximum Gasteiger partial charge on any atom is 0.0791 e. The summed E-state index contributed by atoms with van der Waals surface area (Å²) in [5.41, 5.74) is 0. The smallest absolute Gasteiger partial charge is 0.0791 e. The zero-order valence-corrected chi connectivity index (χ0v) is 15.1. The monoisotopic (exact) mass is 342 g/mol. The Balaban J connectivity index is 1.76. The first-order valence-electron chi connectivity index (χ1n) is 8.37. The van der Waals surface area contributed by atoms with Gasteiger partial charge in [-0.15, -0.1) is 22.7 Å². The number of benzene rings is 1. The van der Waals surface area contributed by atoms with Crippen LogP contribution in [0.4, 0.5) is 0 Å². The van der Waals surface area contributed by atoms with Gasteiger partial charge in [0, 0.05) is 45.5 Å². The number of thiophene rings is 2. The van der Waals surface area contributed by atoms with E-state index in [0.717, 1.165) is 32.6 Å². The minimum atomic E-state index is 0.416. The molecule has 1 aliphatic rings. The molecule has 1 aromatic carbocycles. The third-order valence-corrected chi connectivity index (χ3v) is 6.98. The van der Waals surface area contributed by atoms with Crippen molar-refractivity contribution in [2.45, 2.75) is 19.4 Å². The topological polar surface area (TPSA) is 15.3 Å². The molecule has 1 fully saturated rings. The molecule has 1 aliphatic heterocycles. The van der Waals surface area contributed by atoms with Crippen molar-refractivity contribution in [1.29, 1.82) is 0 Å². The van der Waals surface area contributed by atoms with E-state index in [9.17, 15) is 0 Å². The van der Waals surface area contributed by atoms with E-state index in [1.807, 2.05) is 22.7 Å². The molecule has 1 saturated heterocycles. The molecule has 4 heteroatoms.